The van der Waals surface area contributed by atoms with Crippen LogP contribution in [0.4, 0.5) is 5.69 Å². The van der Waals surface area contributed by atoms with Gasteiger partial charge in [-0.05, 0) is 26.3 Å². The summed E-state index contributed by atoms with van der Waals surface area (Å²) in [4.78, 5) is 21.7. The van der Waals surface area contributed by atoms with Crippen molar-refractivity contribution in [3.05, 3.63) is 40.0 Å². The minimum absolute atomic E-state index is 0.0340. The number of rotatable bonds is 7. The van der Waals surface area contributed by atoms with Crippen LogP contribution in [0.25, 0.3) is 0 Å². The van der Waals surface area contributed by atoms with Gasteiger partial charge in [0.1, 0.15) is 18.9 Å². The first-order valence-electron chi connectivity index (χ1n) is 6.90. The van der Waals surface area contributed by atoms with E-state index in [1.807, 2.05) is 24.6 Å². The maximum absolute atomic E-state index is 11.7. The second-order valence-corrected chi connectivity index (χ2v) is 5.01. The standard InChI is InChI=1S/C13H18N6O3/c1-10-6-11(2)18(16-10)5-3-4-14-13(20)9-17-8-12(7-15-17)19(21)22/h6-8H,3-5,9H2,1-2H3,(H,14,20). The van der Waals surface area contributed by atoms with Crippen molar-refractivity contribution >= 4 is 11.6 Å². The lowest BCUT2D eigenvalue weighted by atomic mass is 10.4. The number of hydrogen-bond donors (Lipinski definition) is 1. The molecule has 0 saturated heterocycles. The third kappa shape index (κ3) is 4.14. The molecule has 0 bridgehead atoms. The van der Waals surface area contributed by atoms with Gasteiger partial charge in [0.15, 0.2) is 0 Å². The van der Waals surface area contributed by atoms with Gasteiger partial charge in [-0.25, -0.2) is 0 Å². The molecule has 2 rings (SSSR count). The Hall–Kier alpha value is -2.71. The molecule has 0 aliphatic heterocycles. The number of carbonyl (C=O) groups is 1. The van der Waals surface area contributed by atoms with Crippen LogP contribution in [0.5, 0.6) is 0 Å². The highest BCUT2D eigenvalue weighted by molar-refractivity contribution is 5.75. The summed E-state index contributed by atoms with van der Waals surface area (Å²) in [6.45, 7) is 5.14. The van der Waals surface area contributed by atoms with Crippen molar-refractivity contribution in [3.8, 4) is 0 Å². The molecular weight excluding hydrogens is 288 g/mol. The number of nitro groups is 1. The van der Waals surface area contributed by atoms with Gasteiger partial charge in [0, 0.05) is 18.8 Å². The summed E-state index contributed by atoms with van der Waals surface area (Å²) in [6.07, 6.45) is 3.11. The molecule has 0 atom stereocenters. The van der Waals surface area contributed by atoms with Crippen LogP contribution < -0.4 is 5.32 Å². The summed E-state index contributed by atoms with van der Waals surface area (Å²) in [5.41, 5.74) is 1.94. The number of nitrogens with zero attached hydrogens (tertiary/aromatic N) is 5. The van der Waals surface area contributed by atoms with Gasteiger partial charge in [0.2, 0.25) is 5.91 Å². The molecule has 1 N–H and O–H groups in total. The molecule has 1 amide bonds. The van der Waals surface area contributed by atoms with Crippen molar-refractivity contribution in [2.75, 3.05) is 6.54 Å². The predicted octanol–water partition coefficient (Wildman–Crippen LogP) is 0.811. The molecule has 0 aliphatic carbocycles. The lowest BCUT2D eigenvalue weighted by molar-refractivity contribution is -0.385. The Bertz CT molecular complexity index is 675. The lowest BCUT2D eigenvalue weighted by Gasteiger charge is -2.06. The van der Waals surface area contributed by atoms with Crippen molar-refractivity contribution in [2.24, 2.45) is 0 Å². The van der Waals surface area contributed by atoms with Crippen LogP contribution in [-0.4, -0.2) is 36.9 Å². The molecule has 0 aromatic carbocycles. The molecule has 9 heteroatoms. The molecule has 118 valence electrons. The first-order chi connectivity index (χ1) is 10.5. The zero-order valence-electron chi connectivity index (χ0n) is 12.5. The normalized spacial score (nSPS) is 10.6. The topological polar surface area (TPSA) is 108 Å². The van der Waals surface area contributed by atoms with Crippen molar-refractivity contribution < 1.29 is 9.72 Å². The number of hydrogen-bond acceptors (Lipinski definition) is 5. The summed E-state index contributed by atoms with van der Waals surface area (Å²) in [6, 6.07) is 2.00. The van der Waals surface area contributed by atoms with E-state index >= 15 is 0 Å². The van der Waals surface area contributed by atoms with Gasteiger partial charge >= 0.3 is 5.69 Å². The van der Waals surface area contributed by atoms with Crippen LogP contribution in [-0.2, 0) is 17.9 Å². The van der Waals surface area contributed by atoms with E-state index in [-0.39, 0.29) is 18.1 Å². The van der Waals surface area contributed by atoms with Gasteiger partial charge in [-0.1, -0.05) is 0 Å². The van der Waals surface area contributed by atoms with E-state index in [1.54, 1.807) is 0 Å². The van der Waals surface area contributed by atoms with E-state index in [4.69, 9.17) is 0 Å². The summed E-state index contributed by atoms with van der Waals surface area (Å²) in [5, 5.41) is 21.4. The second-order valence-electron chi connectivity index (χ2n) is 5.01. The van der Waals surface area contributed by atoms with Gasteiger partial charge in [0.25, 0.3) is 0 Å². The third-order valence-electron chi connectivity index (χ3n) is 3.11. The molecule has 22 heavy (non-hydrogen) atoms. The number of aromatic nitrogens is 4. The summed E-state index contributed by atoms with van der Waals surface area (Å²) >= 11 is 0. The van der Waals surface area contributed by atoms with E-state index in [0.717, 1.165) is 30.6 Å². The van der Waals surface area contributed by atoms with Crippen LogP contribution >= 0.6 is 0 Å². The molecule has 2 heterocycles. The maximum atomic E-state index is 11.7. The fraction of sp³-hybridized carbons (Fsp3) is 0.462. The molecule has 2 aromatic rings. The Morgan fingerprint density at radius 3 is 2.82 bits per heavy atom. The molecule has 0 spiro atoms. The quantitative estimate of drug-likeness (QED) is 0.462. The van der Waals surface area contributed by atoms with Crippen LogP contribution in [0.15, 0.2) is 18.5 Å². The Morgan fingerprint density at radius 2 is 2.23 bits per heavy atom. The average Bonchev–Trinajstić information content (AvgIpc) is 3.02. The number of amides is 1. The fourth-order valence-electron chi connectivity index (χ4n) is 2.09. The lowest BCUT2D eigenvalue weighted by Crippen LogP contribution is -2.29. The molecule has 0 aliphatic rings. The Labute approximate surface area is 127 Å². The van der Waals surface area contributed by atoms with Crippen LogP contribution in [0.3, 0.4) is 0 Å². The minimum Gasteiger partial charge on any atom is -0.354 e. The van der Waals surface area contributed by atoms with Gasteiger partial charge in [-0.15, -0.1) is 0 Å². The molecular formula is C13H18N6O3. The molecule has 0 fully saturated rings. The average molecular weight is 306 g/mol. The Morgan fingerprint density at radius 1 is 1.45 bits per heavy atom. The Kier molecular flexibility index (Phi) is 4.87. The second kappa shape index (κ2) is 6.83. The van der Waals surface area contributed by atoms with Crippen molar-refractivity contribution in [1.29, 1.82) is 0 Å². The summed E-state index contributed by atoms with van der Waals surface area (Å²) in [7, 11) is 0. The fourth-order valence-corrected chi connectivity index (χ4v) is 2.09. The van der Waals surface area contributed by atoms with Crippen molar-refractivity contribution in [2.45, 2.75) is 33.4 Å². The van der Waals surface area contributed by atoms with Crippen LogP contribution in [0, 0.1) is 24.0 Å². The first kappa shape index (κ1) is 15.7. The number of carbonyl (C=O) groups excluding carboxylic acids is 1. The number of aryl methyl sites for hydroxylation is 3. The van der Waals surface area contributed by atoms with Gasteiger partial charge in [-0.2, -0.15) is 10.2 Å². The van der Waals surface area contributed by atoms with Gasteiger partial charge < -0.3 is 5.32 Å². The van der Waals surface area contributed by atoms with Crippen LogP contribution in [0.1, 0.15) is 17.8 Å². The zero-order chi connectivity index (χ0) is 16.1. The van der Waals surface area contributed by atoms with E-state index in [1.165, 1.54) is 10.9 Å². The third-order valence-corrected chi connectivity index (χ3v) is 3.11. The van der Waals surface area contributed by atoms with E-state index in [0.29, 0.717) is 6.54 Å². The number of nitrogens with one attached hydrogen (secondary N) is 1. The van der Waals surface area contributed by atoms with E-state index in [9.17, 15) is 14.9 Å². The molecule has 9 nitrogen and oxygen atoms in total. The molecule has 0 radical (unpaired) electrons. The zero-order valence-corrected chi connectivity index (χ0v) is 12.5. The molecule has 2 aromatic heterocycles. The van der Waals surface area contributed by atoms with Gasteiger partial charge in [-0.3, -0.25) is 24.3 Å². The SMILES string of the molecule is Cc1cc(C)n(CCCNC(=O)Cn2cc([N+](=O)[O-])cn2)n1. The van der Waals surface area contributed by atoms with Crippen LogP contribution in [0.2, 0.25) is 0 Å². The summed E-state index contributed by atoms with van der Waals surface area (Å²) in [5.74, 6) is -0.230. The van der Waals surface area contributed by atoms with E-state index < -0.39 is 4.92 Å². The van der Waals surface area contributed by atoms with Crippen molar-refractivity contribution in [1.82, 2.24) is 24.9 Å². The first-order valence-corrected chi connectivity index (χ1v) is 6.90. The highest BCUT2D eigenvalue weighted by Crippen LogP contribution is 2.07. The highest BCUT2D eigenvalue weighted by Gasteiger charge is 2.10. The predicted molar refractivity (Wildman–Crippen MR) is 78.2 cm³/mol. The monoisotopic (exact) mass is 306 g/mol. The van der Waals surface area contributed by atoms with Crippen molar-refractivity contribution in [3.63, 3.8) is 0 Å². The summed E-state index contributed by atoms with van der Waals surface area (Å²) < 4.78 is 3.15. The van der Waals surface area contributed by atoms with Gasteiger partial charge in [0.05, 0.1) is 10.6 Å². The highest BCUT2D eigenvalue weighted by atomic mass is 16.6. The Balaban J connectivity index is 1.71. The largest absolute Gasteiger partial charge is 0.354 e. The van der Waals surface area contributed by atoms with E-state index in [2.05, 4.69) is 15.5 Å². The molecule has 0 saturated carbocycles. The smallest absolute Gasteiger partial charge is 0.307 e. The maximum Gasteiger partial charge on any atom is 0.307 e. The molecule has 0 unspecified atom stereocenters. The minimum atomic E-state index is -0.546.